The van der Waals surface area contributed by atoms with Crippen molar-refractivity contribution in [1.82, 2.24) is 14.3 Å². The normalized spacial score (nSPS) is 14.0. The molecule has 192 valence electrons. The number of nitrogens with one attached hydrogen (secondary N) is 2. The molecule has 3 aromatic rings. The molecule has 6 nitrogen and oxygen atoms in total. The summed E-state index contributed by atoms with van der Waals surface area (Å²) in [6, 6.07) is 8.52. The van der Waals surface area contributed by atoms with Crippen LogP contribution in [0.15, 0.2) is 29.2 Å². The van der Waals surface area contributed by atoms with Gasteiger partial charge in [0.15, 0.2) is 5.65 Å². The van der Waals surface area contributed by atoms with Gasteiger partial charge in [0.05, 0.1) is 24.9 Å². The van der Waals surface area contributed by atoms with Crippen LogP contribution in [-0.4, -0.2) is 34.1 Å². The molecule has 2 saturated carbocycles. The fourth-order valence-corrected chi connectivity index (χ4v) is 6.17. The molecule has 1 amide bonds. The monoisotopic (exact) mass is 631 g/mol. The van der Waals surface area contributed by atoms with Crippen LogP contribution in [0.3, 0.4) is 0 Å². The molecule has 0 radical (unpaired) electrons. The number of benzene rings is 1. The Labute approximate surface area is 227 Å². The number of imidazole rings is 1. The Hall–Kier alpha value is -1.45. The van der Waals surface area contributed by atoms with E-state index in [-0.39, 0.29) is 0 Å². The van der Waals surface area contributed by atoms with Crippen molar-refractivity contribution in [2.75, 3.05) is 24.1 Å². The van der Waals surface area contributed by atoms with E-state index in [1.54, 1.807) is 11.8 Å². The first-order chi connectivity index (χ1) is 17.1. The maximum Gasteiger partial charge on any atom is 0.212 e. The summed E-state index contributed by atoms with van der Waals surface area (Å²) in [5.74, 6) is 2.13. The molecule has 0 aliphatic heterocycles. The SMILES string of the molecule is C1CC1.CC.CF.CSc1cc(C2CCC2)ccc1Nc1cc(NC=O)nc2c1nc(C)n2PI. The lowest BCUT2D eigenvalue weighted by atomic mass is 9.80. The highest BCUT2D eigenvalue weighted by Gasteiger charge is 2.21. The number of halogens is 2. The van der Waals surface area contributed by atoms with Gasteiger partial charge in [-0.25, -0.2) is 9.97 Å². The Bertz CT molecular complexity index is 1090. The van der Waals surface area contributed by atoms with E-state index in [1.165, 1.54) is 49.0 Å². The van der Waals surface area contributed by atoms with E-state index in [0.717, 1.165) is 28.4 Å². The van der Waals surface area contributed by atoms with Crippen molar-refractivity contribution >= 4 is 74.9 Å². The quantitative estimate of drug-likeness (QED) is 0.118. The molecular weight excluding hydrogens is 595 g/mol. The maximum atomic E-state index is 11.0. The number of nitrogens with zero attached hydrogens (tertiary/aromatic N) is 3. The Kier molecular flexibility index (Phi) is 13.3. The van der Waals surface area contributed by atoms with E-state index < -0.39 is 0 Å². The highest BCUT2D eigenvalue weighted by atomic mass is 127. The molecule has 2 aliphatic carbocycles. The van der Waals surface area contributed by atoms with Crippen LogP contribution >= 0.6 is 40.2 Å². The summed E-state index contributed by atoms with van der Waals surface area (Å²) in [6.45, 7) is 5.98. The lowest BCUT2D eigenvalue weighted by molar-refractivity contribution is -0.105. The molecule has 0 bridgehead atoms. The van der Waals surface area contributed by atoms with Gasteiger partial charge in [-0.15, -0.1) is 11.8 Å². The van der Waals surface area contributed by atoms with Crippen molar-refractivity contribution in [1.29, 1.82) is 0 Å². The highest BCUT2D eigenvalue weighted by molar-refractivity contribution is 14.2. The summed E-state index contributed by atoms with van der Waals surface area (Å²) in [4.78, 5) is 21.5. The summed E-state index contributed by atoms with van der Waals surface area (Å²) in [7, 11) is 0.500. The highest BCUT2D eigenvalue weighted by Crippen LogP contribution is 2.41. The van der Waals surface area contributed by atoms with Gasteiger partial charge in [0.2, 0.25) is 6.41 Å². The minimum Gasteiger partial charge on any atom is -0.353 e. The molecule has 1 atom stereocenters. The van der Waals surface area contributed by atoms with Gasteiger partial charge in [0.1, 0.15) is 17.2 Å². The zero-order chi connectivity index (χ0) is 25.8. The molecule has 10 heteroatoms. The second-order valence-electron chi connectivity index (χ2n) is 7.84. The molecule has 2 heterocycles. The smallest absolute Gasteiger partial charge is 0.212 e. The first kappa shape index (κ1) is 29.8. The van der Waals surface area contributed by atoms with Crippen LogP contribution in [0.4, 0.5) is 21.6 Å². The molecule has 2 aromatic heterocycles. The lowest BCUT2D eigenvalue weighted by Gasteiger charge is -2.26. The zero-order valence-electron chi connectivity index (χ0n) is 21.1. The molecule has 2 N–H and O–H groups in total. The fourth-order valence-electron chi connectivity index (χ4n) is 3.44. The third-order valence-electron chi connectivity index (χ3n) is 5.50. The number of rotatable bonds is 7. The van der Waals surface area contributed by atoms with E-state index in [0.29, 0.717) is 31.7 Å². The molecular formula is C25H36FIN5OPS. The zero-order valence-corrected chi connectivity index (χ0v) is 25.1. The minimum absolute atomic E-state index is 0.483. The molecule has 1 aromatic carbocycles. The summed E-state index contributed by atoms with van der Waals surface area (Å²) in [5, 5.41) is 6.22. The number of pyridine rings is 1. The number of aryl methyl sites for hydroxylation is 1. The van der Waals surface area contributed by atoms with E-state index in [1.807, 2.05) is 26.8 Å². The van der Waals surface area contributed by atoms with E-state index in [4.69, 9.17) is 4.98 Å². The number of hydrogen-bond donors (Lipinski definition) is 2. The third-order valence-corrected chi connectivity index (χ3v) is 8.43. The number of amides is 1. The minimum atomic E-state index is 0.483. The summed E-state index contributed by atoms with van der Waals surface area (Å²) < 4.78 is 11.6. The second-order valence-corrected chi connectivity index (χ2v) is 10.8. The van der Waals surface area contributed by atoms with Crippen molar-refractivity contribution in [2.24, 2.45) is 0 Å². The summed E-state index contributed by atoms with van der Waals surface area (Å²) in [6.07, 6.45) is 11.7. The van der Waals surface area contributed by atoms with Crippen molar-refractivity contribution < 1.29 is 9.18 Å². The standard InChI is InChI=1S/C19H21IN5OPS.C3H6.C2H6.CH3F/c1-11-22-18-15(9-17(21-10-26)24-19(18)25(11)27-20)23-14-7-6-13(8-16(14)28-2)12-4-3-5-12;1-2-3-1;2*1-2/h6-10,12,27H,3-5H2,1-2H3,(H2,21,23,24,26);1-3H2;1-2H3;1H3. The van der Waals surface area contributed by atoms with E-state index in [2.05, 4.69) is 66.5 Å². The predicted molar refractivity (Wildman–Crippen MR) is 160 cm³/mol. The first-order valence-electron chi connectivity index (χ1n) is 11.9. The molecule has 35 heavy (non-hydrogen) atoms. The molecule has 1 unspecified atom stereocenters. The van der Waals surface area contributed by atoms with Crippen LogP contribution in [0.1, 0.15) is 69.7 Å². The van der Waals surface area contributed by atoms with Gasteiger partial charge < -0.3 is 10.6 Å². The van der Waals surface area contributed by atoms with Gasteiger partial charge in [-0.05, 0) is 71.7 Å². The Balaban J connectivity index is 0.000000550. The average molecular weight is 632 g/mol. The number of carbonyl (C=O) groups excluding carboxylic acids is 1. The third kappa shape index (κ3) is 8.02. The van der Waals surface area contributed by atoms with Gasteiger partial charge in [-0.1, -0.05) is 45.6 Å². The molecule has 2 aliphatic rings. The largest absolute Gasteiger partial charge is 0.353 e. The van der Waals surface area contributed by atoms with Crippen LogP contribution in [-0.2, 0) is 4.79 Å². The van der Waals surface area contributed by atoms with Crippen molar-refractivity contribution in [3.63, 3.8) is 0 Å². The van der Waals surface area contributed by atoms with Gasteiger partial charge in [0.25, 0.3) is 0 Å². The number of aromatic nitrogens is 3. The van der Waals surface area contributed by atoms with Gasteiger partial charge in [-0.3, -0.25) is 13.5 Å². The van der Waals surface area contributed by atoms with E-state index >= 15 is 0 Å². The Morgan fingerprint density at radius 2 is 1.80 bits per heavy atom. The van der Waals surface area contributed by atoms with E-state index in [9.17, 15) is 9.18 Å². The number of alkyl halides is 1. The molecule has 0 saturated heterocycles. The summed E-state index contributed by atoms with van der Waals surface area (Å²) >= 11 is 4.06. The molecule has 0 spiro atoms. The lowest BCUT2D eigenvalue weighted by Crippen LogP contribution is -2.09. The number of hydrogen-bond acceptors (Lipinski definition) is 5. The first-order valence-corrected chi connectivity index (χ1v) is 17.2. The number of carbonyl (C=O) groups is 1. The van der Waals surface area contributed by atoms with Crippen molar-refractivity contribution in [3.8, 4) is 0 Å². The maximum absolute atomic E-state index is 11.0. The molecule has 2 fully saturated rings. The Morgan fingerprint density at radius 1 is 1.11 bits per heavy atom. The van der Waals surface area contributed by atoms with Gasteiger partial charge in [0, 0.05) is 11.0 Å². The molecule has 5 rings (SSSR count). The number of thioether (sulfide) groups is 1. The van der Waals surface area contributed by atoms with Crippen LogP contribution in [0.2, 0.25) is 0 Å². The van der Waals surface area contributed by atoms with Crippen LogP contribution in [0.5, 0.6) is 0 Å². The number of anilines is 3. The average Bonchev–Trinajstić information content (AvgIpc) is 3.70. The van der Waals surface area contributed by atoms with Crippen molar-refractivity contribution in [2.45, 2.75) is 70.1 Å². The summed E-state index contributed by atoms with van der Waals surface area (Å²) in [5.41, 5.74) is 4.90. The van der Waals surface area contributed by atoms with Crippen LogP contribution in [0, 0.1) is 6.92 Å². The second kappa shape index (κ2) is 15.6. The predicted octanol–water partition coefficient (Wildman–Crippen LogP) is 8.61. The fraction of sp³-hybridized carbons (Fsp3) is 0.480. The topological polar surface area (TPSA) is 71.8 Å². The van der Waals surface area contributed by atoms with Gasteiger partial charge >= 0.3 is 0 Å². The van der Waals surface area contributed by atoms with Crippen LogP contribution < -0.4 is 10.6 Å². The van der Waals surface area contributed by atoms with Crippen LogP contribution in [0.25, 0.3) is 11.2 Å². The van der Waals surface area contributed by atoms with Gasteiger partial charge in [-0.2, -0.15) is 0 Å². The Morgan fingerprint density at radius 3 is 2.31 bits per heavy atom. The number of fused-ring (bicyclic) bond motifs is 1. The van der Waals surface area contributed by atoms with Crippen molar-refractivity contribution in [3.05, 3.63) is 35.7 Å².